The van der Waals surface area contributed by atoms with Gasteiger partial charge in [-0.05, 0) is 25.3 Å². The summed E-state index contributed by atoms with van der Waals surface area (Å²) < 4.78 is 5.70. The molecule has 2 atom stereocenters. The Balaban J connectivity index is 1.98. The van der Waals surface area contributed by atoms with E-state index in [9.17, 15) is 0 Å². The summed E-state index contributed by atoms with van der Waals surface area (Å²) in [4.78, 5) is 0. The molecular weight excluding hydrogens is 186 g/mol. The van der Waals surface area contributed by atoms with Crippen molar-refractivity contribution >= 4 is 0 Å². The van der Waals surface area contributed by atoms with Gasteiger partial charge in [0.1, 0.15) is 0 Å². The van der Waals surface area contributed by atoms with Gasteiger partial charge in [-0.15, -0.1) is 0 Å². The first-order valence-corrected chi connectivity index (χ1v) is 5.68. The lowest BCUT2D eigenvalue weighted by atomic mass is 9.91. The molecular formula is C13H19NO. The topological polar surface area (TPSA) is 35.2 Å². The van der Waals surface area contributed by atoms with Crippen LogP contribution in [0, 0.1) is 6.92 Å². The first kappa shape index (κ1) is 10.7. The molecule has 0 aliphatic carbocycles. The highest BCUT2D eigenvalue weighted by atomic mass is 16.5. The van der Waals surface area contributed by atoms with Crippen molar-refractivity contribution in [3.8, 4) is 0 Å². The predicted octanol–water partition coefficient (Wildman–Crippen LogP) is 2.22. The van der Waals surface area contributed by atoms with E-state index in [1.165, 1.54) is 17.5 Å². The van der Waals surface area contributed by atoms with Crippen LogP contribution in [0.3, 0.4) is 0 Å². The summed E-state index contributed by atoms with van der Waals surface area (Å²) in [7, 11) is 0. The van der Waals surface area contributed by atoms with Crippen LogP contribution in [0.1, 0.15) is 29.9 Å². The molecule has 2 unspecified atom stereocenters. The Morgan fingerprint density at radius 1 is 1.27 bits per heavy atom. The van der Waals surface area contributed by atoms with Crippen molar-refractivity contribution in [3.05, 3.63) is 35.4 Å². The second-order valence-corrected chi connectivity index (χ2v) is 4.38. The number of ether oxygens (including phenoxy) is 1. The van der Waals surface area contributed by atoms with Gasteiger partial charge in [0.15, 0.2) is 0 Å². The molecule has 2 heteroatoms. The minimum Gasteiger partial charge on any atom is -0.376 e. The quantitative estimate of drug-likeness (QED) is 0.803. The van der Waals surface area contributed by atoms with Crippen molar-refractivity contribution < 1.29 is 4.74 Å². The molecule has 1 fully saturated rings. The van der Waals surface area contributed by atoms with Crippen molar-refractivity contribution in [2.24, 2.45) is 5.73 Å². The van der Waals surface area contributed by atoms with E-state index in [0.29, 0.717) is 12.5 Å². The molecule has 15 heavy (non-hydrogen) atoms. The van der Waals surface area contributed by atoms with E-state index in [4.69, 9.17) is 10.5 Å². The van der Waals surface area contributed by atoms with E-state index in [-0.39, 0.29) is 6.10 Å². The van der Waals surface area contributed by atoms with Crippen LogP contribution in [0.5, 0.6) is 0 Å². The van der Waals surface area contributed by atoms with Crippen LogP contribution in [0.2, 0.25) is 0 Å². The Morgan fingerprint density at radius 2 is 2.00 bits per heavy atom. The smallest absolute Gasteiger partial charge is 0.0697 e. The van der Waals surface area contributed by atoms with E-state index < -0.39 is 0 Å². The van der Waals surface area contributed by atoms with Gasteiger partial charge in [-0.3, -0.25) is 0 Å². The van der Waals surface area contributed by atoms with Crippen molar-refractivity contribution in [1.29, 1.82) is 0 Å². The maximum Gasteiger partial charge on any atom is 0.0697 e. The van der Waals surface area contributed by atoms with Gasteiger partial charge in [0, 0.05) is 12.5 Å². The third kappa shape index (κ3) is 2.58. The Labute approximate surface area is 91.4 Å². The molecule has 1 aliphatic rings. The maximum absolute atomic E-state index is 5.70. The SMILES string of the molecule is Cc1ccc(C2CCC(CN)OC2)cc1. The van der Waals surface area contributed by atoms with Crippen LogP contribution < -0.4 is 5.73 Å². The zero-order chi connectivity index (χ0) is 10.7. The molecule has 1 saturated heterocycles. The number of nitrogens with two attached hydrogens (primary N) is 1. The summed E-state index contributed by atoms with van der Waals surface area (Å²) >= 11 is 0. The van der Waals surface area contributed by atoms with Crippen LogP contribution >= 0.6 is 0 Å². The van der Waals surface area contributed by atoms with Gasteiger partial charge >= 0.3 is 0 Å². The third-order valence-corrected chi connectivity index (χ3v) is 3.18. The summed E-state index contributed by atoms with van der Waals surface area (Å²) in [6, 6.07) is 8.77. The fourth-order valence-corrected chi connectivity index (χ4v) is 2.09. The number of hydrogen-bond donors (Lipinski definition) is 1. The summed E-state index contributed by atoms with van der Waals surface area (Å²) in [6.07, 6.45) is 2.58. The summed E-state index contributed by atoms with van der Waals surface area (Å²) in [6.45, 7) is 3.59. The molecule has 0 radical (unpaired) electrons. The Hall–Kier alpha value is -0.860. The second kappa shape index (κ2) is 4.77. The predicted molar refractivity (Wildman–Crippen MR) is 61.9 cm³/mol. The van der Waals surface area contributed by atoms with Crippen molar-refractivity contribution in [1.82, 2.24) is 0 Å². The lowest BCUT2D eigenvalue weighted by Crippen LogP contribution is -2.30. The standard InChI is InChI=1S/C13H19NO/c1-10-2-4-11(5-3-10)12-6-7-13(8-14)15-9-12/h2-5,12-13H,6-9,14H2,1H3. The molecule has 0 spiro atoms. The first-order valence-electron chi connectivity index (χ1n) is 5.68. The highest BCUT2D eigenvalue weighted by Crippen LogP contribution is 2.27. The van der Waals surface area contributed by atoms with E-state index in [2.05, 4.69) is 31.2 Å². The molecule has 0 bridgehead atoms. The number of hydrogen-bond acceptors (Lipinski definition) is 2. The van der Waals surface area contributed by atoms with Gasteiger partial charge in [0.25, 0.3) is 0 Å². The summed E-state index contributed by atoms with van der Waals surface area (Å²) in [5, 5.41) is 0. The minimum absolute atomic E-state index is 0.284. The van der Waals surface area contributed by atoms with E-state index >= 15 is 0 Å². The van der Waals surface area contributed by atoms with Crippen molar-refractivity contribution in [2.75, 3.05) is 13.2 Å². The van der Waals surface area contributed by atoms with Gasteiger partial charge in [-0.25, -0.2) is 0 Å². The van der Waals surface area contributed by atoms with E-state index in [0.717, 1.165) is 13.0 Å². The minimum atomic E-state index is 0.284. The molecule has 0 amide bonds. The fourth-order valence-electron chi connectivity index (χ4n) is 2.09. The monoisotopic (exact) mass is 205 g/mol. The molecule has 0 saturated carbocycles. The second-order valence-electron chi connectivity index (χ2n) is 4.38. The molecule has 2 nitrogen and oxygen atoms in total. The zero-order valence-corrected chi connectivity index (χ0v) is 9.28. The highest BCUT2D eigenvalue weighted by Gasteiger charge is 2.21. The van der Waals surface area contributed by atoms with Gasteiger partial charge in [-0.2, -0.15) is 0 Å². The Morgan fingerprint density at radius 3 is 2.53 bits per heavy atom. The highest BCUT2D eigenvalue weighted by molar-refractivity contribution is 5.24. The molecule has 1 aliphatic heterocycles. The zero-order valence-electron chi connectivity index (χ0n) is 9.28. The fraction of sp³-hybridized carbons (Fsp3) is 0.538. The van der Waals surface area contributed by atoms with Crippen LogP contribution in [-0.2, 0) is 4.74 Å². The molecule has 1 aromatic carbocycles. The molecule has 1 aromatic rings. The lowest BCUT2D eigenvalue weighted by molar-refractivity contribution is 0.00956. The molecule has 2 rings (SSSR count). The van der Waals surface area contributed by atoms with Crippen LogP contribution in [-0.4, -0.2) is 19.3 Å². The number of benzene rings is 1. The lowest BCUT2D eigenvalue weighted by Gasteiger charge is -2.28. The molecule has 0 aromatic heterocycles. The van der Waals surface area contributed by atoms with Crippen LogP contribution in [0.25, 0.3) is 0 Å². The van der Waals surface area contributed by atoms with Crippen molar-refractivity contribution in [2.45, 2.75) is 31.8 Å². The Bertz CT molecular complexity index is 299. The average molecular weight is 205 g/mol. The Kier molecular flexibility index (Phi) is 3.39. The van der Waals surface area contributed by atoms with Gasteiger partial charge in [0.2, 0.25) is 0 Å². The number of aryl methyl sites for hydroxylation is 1. The normalized spacial score (nSPS) is 26.5. The molecule has 82 valence electrons. The van der Waals surface area contributed by atoms with Gasteiger partial charge in [-0.1, -0.05) is 29.8 Å². The van der Waals surface area contributed by atoms with Crippen LogP contribution in [0.4, 0.5) is 0 Å². The average Bonchev–Trinajstić information content (AvgIpc) is 2.30. The van der Waals surface area contributed by atoms with Crippen molar-refractivity contribution in [3.63, 3.8) is 0 Å². The summed E-state index contributed by atoms with van der Waals surface area (Å²) in [5.41, 5.74) is 8.30. The first-order chi connectivity index (χ1) is 7.29. The van der Waals surface area contributed by atoms with E-state index in [1.807, 2.05) is 0 Å². The number of rotatable bonds is 2. The summed E-state index contributed by atoms with van der Waals surface area (Å²) in [5.74, 6) is 0.563. The third-order valence-electron chi connectivity index (χ3n) is 3.18. The van der Waals surface area contributed by atoms with Crippen LogP contribution in [0.15, 0.2) is 24.3 Å². The van der Waals surface area contributed by atoms with E-state index in [1.54, 1.807) is 0 Å². The van der Waals surface area contributed by atoms with Gasteiger partial charge in [0.05, 0.1) is 12.7 Å². The maximum atomic E-state index is 5.70. The van der Waals surface area contributed by atoms with Gasteiger partial charge < -0.3 is 10.5 Å². The molecule has 2 N–H and O–H groups in total. The molecule has 1 heterocycles. The largest absolute Gasteiger partial charge is 0.376 e.